The summed E-state index contributed by atoms with van der Waals surface area (Å²) in [7, 11) is -2.18. The van der Waals surface area contributed by atoms with Crippen molar-refractivity contribution in [3.05, 3.63) is 35.4 Å². The summed E-state index contributed by atoms with van der Waals surface area (Å²) in [4.78, 5) is 11.6. The number of carbonyl (C=O) groups excluding carboxylic acids is 1. The molecule has 2 atom stereocenters. The predicted octanol–water partition coefficient (Wildman–Crippen LogP) is 2.73. The van der Waals surface area contributed by atoms with Gasteiger partial charge in [0, 0.05) is 12.7 Å². The van der Waals surface area contributed by atoms with Crippen LogP contribution >= 0.6 is 7.60 Å². The molecule has 0 aliphatic carbocycles. The highest BCUT2D eigenvalue weighted by Crippen LogP contribution is 2.63. The lowest BCUT2D eigenvalue weighted by molar-refractivity contribution is 0.0449. The van der Waals surface area contributed by atoms with Gasteiger partial charge in [-0.15, -0.1) is 0 Å². The van der Waals surface area contributed by atoms with Crippen LogP contribution in [0.1, 0.15) is 28.7 Å². The van der Waals surface area contributed by atoms with E-state index >= 15 is 0 Å². The van der Waals surface area contributed by atoms with Gasteiger partial charge >= 0.3 is 13.6 Å². The summed E-state index contributed by atoms with van der Waals surface area (Å²) in [5.41, 5.74) is 0.964. The molecule has 0 N–H and O–H groups in total. The van der Waals surface area contributed by atoms with E-state index in [0.29, 0.717) is 11.1 Å². The van der Waals surface area contributed by atoms with Gasteiger partial charge < -0.3 is 13.8 Å². The highest BCUT2D eigenvalue weighted by Gasteiger charge is 2.45. The second-order valence-corrected chi connectivity index (χ2v) is 5.66. The molecule has 6 heteroatoms. The molecule has 2 unspecified atom stereocenters. The van der Waals surface area contributed by atoms with E-state index < -0.39 is 19.4 Å². The molecule has 2 rings (SSSR count). The molecule has 0 spiro atoms. The number of cyclic esters (lactones) is 1. The molecule has 1 aromatic carbocycles. The van der Waals surface area contributed by atoms with Crippen molar-refractivity contribution in [2.45, 2.75) is 12.8 Å². The molecule has 1 heterocycles. The smallest absolute Gasteiger partial charge is 0.375 e. The zero-order valence-corrected chi connectivity index (χ0v) is 10.5. The van der Waals surface area contributed by atoms with Crippen LogP contribution in [-0.4, -0.2) is 19.7 Å². The van der Waals surface area contributed by atoms with E-state index in [1.807, 2.05) is 0 Å². The van der Waals surface area contributed by atoms with Gasteiger partial charge in [0.2, 0.25) is 5.85 Å². The number of carbonyl (C=O) groups is 1. The highest BCUT2D eigenvalue weighted by molar-refractivity contribution is 7.54. The van der Waals surface area contributed by atoms with Crippen LogP contribution in [0.2, 0.25) is 0 Å². The van der Waals surface area contributed by atoms with Crippen LogP contribution in [0.25, 0.3) is 0 Å². The van der Waals surface area contributed by atoms with Gasteiger partial charge in [0.15, 0.2) is 0 Å². The third kappa shape index (κ3) is 2.02. The lowest BCUT2D eigenvalue weighted by Gasteiger charge is -2.20. The predicted molar refractivity (Wildman–Crippen MR) is 60.8 cm³/mol. The van der Waals surface area contributed by atoms with Gasteiger partial charge in [0.1, 0.15) is 0 Å². The molecule has 0 saturated carbocycles. The normalized spacial score (nSPS) is 21.8. The number of benzene rings is 1. The van der Waals surface area contributed by atoms with Gasteiger partial charge in [-0.25, -0.2) is 4.79 Å². The number of ether oxygens (including phenoxy) is 1. The van der Waals surface area contributed by atoms with E-state index in [9.17, 15) is 9.36 Å². The van der Waals surface area contributed by atoms with Gasteiger partial charge in [-0.1, -0.05) is 18.2 Å². The Labute approximate surface area is 99.2 Å². The molecule has 17 heavy (non-hydrogen) atoms. The first-order valence-corrected chi connectivity index (χ1v) is 6.83. The lowest BCUT2D eigenvalue weighted by Crippen LogP contribution is -2.05. The van der Waals surface area contributed by atoms with Gasteiger partial charge in [0.05, 0.1) is 12.2 Å². The number of rotatable bonds is 4. The molecule has 0 fully saturated rings. The summed E-state index contributed by atoms with van der Waals surface area (Å²) in [6.45, 7) is 1.93. The molecule has 1 aliphatic heterocycles. The van der Waals surface area contributed by atoms with E-state index in [1.54, 1.807) is 31.2 Å². The van der Waals surface area contributed by atoms with Gasteiger partial charge in [-0.3, -0.25) is 4.57 Å². The molecule has 0 saturated heterocycles. The molecule has 0 radical (unpaired) electrons. The Morgan fingerprint density at radius 2 is 2.12 bits per heavy atom. The van der Waals surface area contributed by atoms with Crippen LogP contribution in [-0.2, 0) is 18.3 Å². The molecule has 1 aromatic rings. The third-order valence-corrected chi connectivity index (χ3v) is 4.60. The van der Waals surface area contributed by atoms with Crippen molar-refractivity contribution < 1.29 is 23.1 Å². The Bertz CT molecular complexity index is 485. The Balaban J connectivity index is 2.43. The molecule has 1 aliphatic rings. The molecule has 0 amide bonds. The zero-order chi connectivity index (χ0) is 12.5. The monoisotopic (exact) mass is 256 g/mol. The van der Waals surface area contributed by atoms with Crippen LogP contribution in [0, 0.1) is 0 Å². The van der Waals surface area contributed by atoms with Crippen molar-refractivity contribution >= 4 is 13.6 Å². The summed E-state index contributed by atoms with van der Waals surface area (Å²) >= 11 is 0. The van der Waals surface area contributed by atoms with Crippen LogP contribution in [0.15, 0.2) is 24.3 Å². The summed E-state index contributed by atoms with van der Waals surface area (Å²) in [5.74, 6) is -1.46. The Hall–Kier alpha value is -1.16. The fourth-order valence-corrected chi connectivity index (χ4v) is 3.34. The number of fused-ring (bicyclic) bond motifs is 1. The average Bonchev–Trinajstić information content (AvgIpc) is 2.68. The van der Waals surface area contributed by atoms with Crippen molar-refractivity contribution in [3.63, 3.8) is 0 Å². The highest BCUT2D eigenvalue weighted by atomic mass is 31.2. The van der Waals surface area contributed by atoms with Gasteiger partial charge in [-0.2, -0.15) is 0 Å². The summed E-state index contributed by atoms with van der Waals surface area (Å²) in [5, 5.41) is 0. The van der Waals surface area contributed by atoms with Gasteiger partial charge in [-0.05, 0) is 13.0 Å². The van der Waals surface area contributed by atoms with Crippen molar-refractivity contribution in [1.82, 2.24) is 0 Å². The number of hydrogen-bond donors (Lipinski definition) is 0. The quantitative estimate of drug-likeness (QED) is 0.612. The largest absolute Gasteiger partial charge is 0.441 e. The SMILES string of the molecule is CCOP(=O)(OC)C1OC(=O)c2ccccc21. The Kier molecular flexibility index (Phi) is 3.33. The number of hydrogen-bond acceptors (Lipinski definition) is 5. The molecule has 0 bridgehead atoms. The Morgan fingerprint density at radius 1 is 1.41 bits per heavy atom. The minimum absolute atomic E-state index is 0.224. The molecule has 5 nitrogen and oxygen atoms in total. The summed E-state index contributed by atoms with van der Waals surface area (Å²) in [6.07, 6.45) is 0. The van der Waals surface area contributed by atoms with Crippen molar-refractivity contribution in [2.24, 2.45) is 0 Å². The van der Waals surface area contributed by atoms with E-state index in [0.717, 1.165) is 0 Å². The topological polar surface area (TPSA) is 61.8 Å². The Morgan fingerprint density at radius 3 is 2.76 bits per heavy atom. The fourth-order valence-electron chi connectivity index (χ4n) is 1.76. The third-order valence-electron chi connectivity index (χ3n) is 2.52. The first kappa shape index (κ1) is 12.3. The van der Waals surface area contributed by atoms with Crippen molar-refractivity contribution in [1.29, 1.82) is 0 Å². The molecular formula is C11H13O5P. The first-order chi connectivity index (χ1) is 8.12. The van der Waals surface area contributed by atoms with E-state index in [-0.39, 0.29) is 6.61 Å². The second-order valence-electron chi connectivity index (χ2n) is 3.49. The first-order valence-electron chi connectivity index (χ1n) is 5.22. The summed E-state index contributed by atoms with van der Waals surface area (Å²) in [6, 6.07) is 6.79. The minimum atomic E-state index is -3.46. The maximum Gasteiger partial charge on any atom is 0.375 e. The average molecular weight is 256 g/mol. The van der Waals surface area contributed by atoms with Crippen molar-refractivity contribution in [2.75, 3.05) is 13.7 Å². The minimum Gasteiger partial charge on any atom is -0.441 e. The van der Waals surface area contributed by atoms with Crippen molar-refractivity contribution in [3.8, 4) is 0 Å². The maximum absolute atomic E-state index is 12.4. The van der Waals surface area contributed by atoms with Crippen LogP contribution in [0.3, 0.4) is 0 Å². The summed E-state index contributed by atoms with van der Waals surface area (Å²) < 4.78 is 27.5. The standard InChI is InChI=1S/C11H13O5P/c1-3-15-17(13,14-2)11-9-7-5-4-6-8(9)10(12)16-11/h4-7,11H,3H2,1-2H3. The molecule has 0 aromatic heterocycles. The van der Waals surface area contributed by atoms with Crippen LogP contribution in [0.4, 0.5) is 0 Å². The van der Waals surface area contributed by atoms with E-state index in [2.05, 4.69) is 0 Å². The molecule has 92 valence electrons. The zero-order valence-electron chi connectivity index (χ0n) is 9.58. The van der Waals surface area contributed by atoms with Crippen LogP contribution in [0.5, 0.6) is 0 Å². The molecular weight excluding hydrogens is 243 g/mol. The van der Waals surface area contributed by atoms with Gasteiger partial charge in [0.25, 0.3) is 0 Å². The fraction of sp³-hybridized carbons (Fsp3) is 0.364. The second kappa shape index (κ2) is 4.61. The number of esters is 1. The lowest BCUT2D eigenvalue weighted by atomic mass is 10.1. The van der Waals surface area contributed by atoms with E-state index in [4.69, 9.17) is 13.8 Å². The van der Waals surface area contributed by atoms with Crippen LogP contribution < -0.4 is 0 Å². The van der Waals surface area contributed by atoms with E-state index in [1.165, 1.54) is 7.11 Å². The maximum atomic E-state index is 12.4.